The summed E-state index contributed by atoms with van der Waals surface area (Å²) in [5.41, 5.74) is 0.576. The molecular weight excluding hydrogens is 450 g/mol. The molecule has 0 radical (unpaired) electrons. The van der Waals surface area contributed by atoms with E-state index in [0.29, 0.717) is 21.1 Å². The molecule has 1 atom stereocenters. The van der Waals surface area contributed by atoms with Gasteiger partial charge in [-0.1, -0.05) is 11.3 Å². The van der Waals surface area contributed by atoms with E-state index in [0.717, 1.165) is 35.3 Å². The number of carbonyl (C=O) groups is 1. The van der Waals surface area contributed by atoms with Crippen molar-refractivity contribution in [2.75, 3.05) is 23.0 Å². The molecule has 3 aromatic rings. The van der Waals surface area contributed by atoms with Crippen molar-refractivity contribution in [3.05, 3.63) is 54.1 Å². The van der Waals surface area contributed by atoms with Gasteiger partial charge in [0, 0.05) is 11.6 Å². The van der Waals surface area contributed by atoms with E-state index in [1.54, 1.807) is 31.4 Å². The maximum absolute atomic E-state index is 13.6. The van der Waals surface area contributed by atoms with Gasteiger partial charge >= 0.3 is 0 Å². The molecule has 0 saturated heterocycles. The van der Waals surface area contributed by atoms with E-state index in [4.69, 9.17) is 4.74 Å². The Bertz CT molecular complexity index is 1200. The smallest absolute Gasteiger partial charge is 0.249 e. The molecule has 12 heteroatoms. The van der Waals surface area contributed by atoms with Gasteiger partial charge in [0.25, 0.3) is 0 Å². The summed E-state index contributed by atoms with van der Waals surface area (Å²) >= 11 is 1.09. The first-order valence-electron chi connectivity index (χ1n) is 8.83. The fourth-order valence-electron chi connectivity index (χ4n) is 2.76. The number of aromatic nitrogens is 2. The normalized spacial score (nSPS) is 12.3. The Kier molecular flexibility index (Phi) is 6.51. The minimum atomic E-state index is -3.99. The first-order valence-corrected chi connectivity index (χ1v) is 11.5. The summed E-state index contributed by atoms with van der Waals surface area (Å²) in [5, 5.41) is 11.1. The van der Waals surface area contributed by atoms with Crippen LogP contribution in [0.5, 0.6) is 5.75 Å². The van der Waals surface area contributed by atoms with Crippen LogP contribution < -0.4 is 14.4 Å². The van der Waals surface area contributed by atoms with Crippen LogP contribution in [-0.2, 0) is 14.8 Å². The van der Waals surface area contributed by atoms with Crippen LogP contribution in [0.15, 0.2) is 42.5 Å². The predicted molar refractivity (Wildman–Crippen MR) is 114 cm³/mol. The maximum atomic E-state index is 13.6. The minimum Gasteiger partial charge on any atom is -0.497 e. The molecule has 0 fully saturated rings. The summed E-state index contributed by atoms with van der Waals surface area (Å²) in [5.74, 6) is -2.40. The summed E-state index contributed by atoms with van der Waals surface area (Å²) in [6.07, 6.45) is 0.866. The molecule has 0 aliphatic rings. The van der Waals surface area contributed by atoms with Crippen LogP contribution in [0.25, 0.3) is 10.6 Å². The highest BCUT2D eigenvalue weighted by Gasteiger charge is 2.30. The molecule has 3 rings (SSSR count). The molecule has 0 aliphatic heterocycles. The van der Waals surface area contributed by atoms with Crippen LogP contribution in [-0.4, -0.2) is 43.9 Å². The maximum Gasteiger partial charge on any atom is 0.249 e. The van der Waals surface area contributed by atoms with E-state index in [1.165, 1.54) is 6.92 Å². The van der Waals surface area contributed by atoms with E-state index < -0.39 is 33.6 Å². The van der Waals surface area contributed by atoms with Crippen LogP contribution in [0.1, 0.15) is 6.92 Å². The van der Waals surface area contributed by atoms with Crippen LogP contribution in [0.3, 0.4) is 0 Å². The third-order valence-corrected chi connectivity index (χ3v) is 6.37. The van der Waals surface area contributed by atoms with Gasteiger partial charge in [-0.05, 0) is 43.3 Å². The molecule has 1 aromatic heterocycles. The molecule has 0 spiro atoms. The Morgan fingerprint density at radius 3 is 2.39 bits per heavy atom. The number of nitrogens with one attached hydrogen (secondary N) is 1. The van der Waals surface area contributed by atoms with Crippen molar-refractivity contribution in [3.8, 4) is 16.3 Å². The second kappa shape index (κ2) is 8.94. The molecule has 164 valence electrons. The summed E-state index contributed by atoms with van der Waals surface area (Å²) in [7, 11) is -2.44. The lowest BCUT2D eigenvalue weighted by atomic mass is 10.2. The van der Waals surface area contributed by atoms with Crippen molar-refractivity contribution < 1.29 is 26.7 Å². The third-order valence-electron chi connectivity index (χ3n) is 4.24. The highest BCUT2D eigenvalue weighted by Crippen LogP contribution is 2.29. The number of nitrogens with zero attached hydrogens (tertiary/aromatic N) is 3. The Morgan fingerprint density at radius 1 is 1.13 bits per heavy atom. The summed E-state index contributed by atoms with van der Waals surface area (Å²) in [6.45, 7) is 1.32. The monoisotopic (exact) mass is 468 g/mol. The lowest BCUT2D eigenvalue weighted by Crippen LogP contribution is -2.45. The quantitative estimate of drug-likeness (QED) is 0.571. The SMILES string of the molecule is COc1ccc(-c2nnc(NC(=O)[C@@H](C)N(c3ccc(F)c(F)c3)S(C)(=O)=O)s2)cc1. The molecule has 0 bridgehead atoms. The minimum absolute atomic E-state index is 0.154. The Hall–Kier alpha value is -3.12. The molecule has 1 heterocycles. The number of ether oxygens (including phenoxy) is 1. The van der Waals surface area contributed by atoms with Crippen LogP contribution >= 0.6 is 11.3 Å². The zero-order chi connectivity index (χ0) is 22.8. The van der Waals surface area contributed by atoms with Crippen LogP contribution in [0.4, 0.5) is 19.6 Å². The number of methoxy groups -OCH3 is 1. The number of rotatable bonds is 7. The van der Waals surface area contributed by atoms with Crippen molar-refractivity contribution >= 4 is 38.1 Å². The Morgan fingerprint density at radius 2 is 1.81 bits per heavy atom. The summed E-state index contributed by atoms with van der Waals surface area (Å²) in [4.78, 5) is 12.7. The second-order valence-corrected chi connectivity index (χ2v) is 9.30. The molecular formula is C19H18F2N4O4S2. The predicted octanol–water partition coefficient (Wildman–Crippen LogP) is 3.29. The topological polar surface area (TPSA) is 101 Å². The number of hydrogen-bond acceptors (Lipinski definition) is 7. The fourth-order valence-corrected chi connectivity index (χ4v) is 4.68. The molecule has 1 amide bonds. The first kappa shape index (κ1) is 22.6. The van der Waals surface area contributed by atoms with Crippen molar-refractivity contribution in [2.45, 2.75) is 13.0 Å². The van der Waals surface area contributed by atoms with Gasteiger partial charge in [0.1, 0.15) is 16.8 Å². The molecule has 0 saturated carbocycles. The average molecular weight is 469 g/mol. The average Bonchev–Trinajstić information content (AvgIpc) is 3.18. The fraction of sp³-hybridized carbons (Fsp3) is 0.211. The number of hydrogen-bond donors (Lipinski definition) is 1. The van der Waals surface area contributed by atoms with Crippen LogP contribution in [0, 0.1) is 11.6 Å². The number of anilines is 2. The Balaban J connectivity index is 1.81. The standard InChI is InChI=1S/C19H18F2N4O4S2/c1-11(25(31(3,27)28)13-6-9-15(20)16(21)10-13)17(26)22-19-24-23-18(30-19)12-4-7-14(29-2)8-5-12/h4-11H,1-3H3,(H,22,24,26)/t11-/m1/s1. The van der Waals surface area contributed by atoms with E-state index in [-0.39, 0.29) is 10.8 Å². The number of carbonyl (C=O) groups excluding carboxylic acids is 1. The van der Waals surface area contributed by atoms with Gasteiger partial charge in [-0.3, -0.25) is 14.4 Å². The summed E-state index contributed by atoms with van der Waals surface area (Å²) in [6, 6.07) is 8.38. The second-order valence-electron chi connectivity index (χ2n) is 6.46. The van der Waals surface area contributed by atoms with E-state index >= 15 is 0 Å². The van der Waals surface area contributed by atoms with Crippen molar-refractivity contribution in [1.29, 1.82) is 0 Å². The lowest BCUT2D eigenvalue weighted by molar-refractivity contribution is -0.116. The number of amides is 1. The molecule has 0 aliphatic carbocycles. The highest BCUT2D eigenvalue weighted by molar-refractivity contribution is 7.92. The molecule has 31 heavy (non-hydrogen) atoms. The summed E-state index contributed by atoms with van der Waals surface area (Å²) < 4.78 is 57.2. The molecule has 0 unspecified atom stereocenters. The first-order chi connectivity index (χ1) is 14.6. The number of sulfonamides is 1. The van der Waals surface area contributed by atoms with Crippen molar-refractivity contribution in [2.24, 2.45) is 0 Å². The highest BCUT2D eigenvalue weighted by atomic mass is 32.2. The van der Waals surface area contributed by atoms with Crippen molar-refractivity contribution in [1.82, 2.24) is 10.2 Å². The van der Waals surface area contributed by atoms with E-state index in [1.807, 2.05) is 0 Å². The van der Waals surface area contributed by atoms with Gasteiger partial charge in [-0.25, -0.2) is 17.2 Å². The van der Waals surface area contributed by atoms with Gasteiger partial charge < -0.3 is 4.74 Å². The zero-order valence-electron chi connectivity index (χ0n) is 16.7. The number of halogens is 2. The van der Waals surface area contributed by atoms with Crippen molar-refractivity contribution in [3.63, 3.8) is 0 Å². The van der Waals surface area contributed by atoms with Gasteiger partial charge in [0.05, 0.1) is 19.1 Å². The molecule has 1 N–H and O–H groups in total. The van der Waals surface area contributed by atoms with Gasteiger partial charge in [-0.15, -0.1) is 10.2 Å². The van der Waals surface area contributed by atoms with Gasteiger partial charge in [0.2, 0.25) is 21.1 Å². The van der Waals surface area contributed by atoms with Gasteiger partial charge in [0.15, 0.2) is 11.6 Å². The Labute approximate surface area is 181 Å². The van der Waals surface area contributed by atoms with E-state index in [2.05, 4.69) is 15.5 Å². The van der Waals surface area contributed by atoms with E-state index in [9.17, 15) is 22.0 Å². The zero-order valence-corrected chi connectivity index (χ0v) is 18.3. The molecule has 8 nitrogen and oxygen atoms in total. The molecule has 2 aromatic carbocycles. The largest absolute Gasteiger partial charge is 0.497 e. The number of benzene rings is 2. The van der Waals surface area contributed by atoms with Crippen LogP contribution in [0.2, 0.25) is 0 Å². The third kappa shape index (κ3) is 5.14. The lowest BCUT2D eigenvalue weighted by Gasteiger charge is -2.27. The van der Waals surface area contributed by atoms with Gasteiger partial charge in [-0.2, -0.15) is 0 Å².